The molecule has 2 aliphatic rings. The molecular weight excluding hydrogens is 370 g/mol. The summed E-state index contributed by atoms with van der Waals surface area (Å²) in [6, 6.07) is 7.90. The molecule has 1 aromatic carbocycles. The Bertz CT molecular complexity index is 865. The number of benzene rings is 1. The molecule has 1 saturated heterocycles. The number of piperazine rings is 1. The van der Waals surface area contributed by atoms with Crippen LogP contribution in [0.2, 0.25) is 0 Å². The van der Waals surface area contributed by atoms with Crippen LogP contribution in [-0.2, 0) is 6.54 Å². The van der Waals surface area contributed by atoms with E-state index in [1.54, 1.807) is 6.07 Å². The normalized spacial score (nSPS) is 16.3. The first-order valence-electron chi connectivity index (χ1n) is 10.0. The van der Waals surface area contributed by atoms with Gasteiger partial charge in [-0.3, -0.25) is 9.69 Å². The summed E-state index contributed by atoms with van der Waals surface area (Å²) in [4.78, 5) is 25.4. The van der Waals surface area contributed by atoms with Crippen molar-refractivity contribution in [1.29, 1.82) is 0 Å². The van der Waals surface area contributed by atoms with Gasteiger partial charge in [0.15, 0.2) is 11.5 Å². The van der Waals surface area contributed by atoms with Crippen molar-refractivity contribution in [3.63, 3.8) is 0 Å². The van der Waals surface area contributed by atoms with Gasteiger partial charge in [0.25, 0.3) is 5.91 Å². The largest absolute Gasteiger partial charge is 0.454 e. The zero-order valence-corrected chi connectivity index (χ0v) is 16.9. The summed E-state index contributed by atoms with van der Waals surface area (Å²) in [5, 5.41) is 2.91. The number of aromatic nitrogens is 2. The van der Waals surface area contributed by atoms with Crippen molar-refractivity contribution >= 4 is 11.7 Å². The van der Waals surface area contributed by atoms with Crippen LogP contribution in [0, 0.1) is 5.92 Å². The maximum absolute atomic E-state index is 12.3. The molecular formula is C21H27N5O3. The van der Waals surface area contributed by atoms with Gasteiger partial charge in [-0.2, -0.15) is 0 Å². The summed E-state index contributed by atoms with van der Waals surface area (Å²) in [6.07, 6.45) is 1.47. The van der Waals surface area contributed by atoms with Gasteiger partial charge in [-0.05, 0) is 23.6 Å². The van der Waals surface area contributed by atoms with Crippen LogP contribution in [0.15, 0.2) is 30.6 Å². The number of amides is 1. The molecule has 29 heavy (non-hydrogen) atoms. The van der Waals surface area contributed by atoms with Crippen LogP contribution in [0.4, 0.5) is 5.82 Å². The van der Waals surface area contributed by atoms with Crippen molar-refractivity contribution in [3.05, 3.63) is 41.9 Å². The third-order valence-corrected chi connectivity index (χ3v) is 5.10. The van der Waals surface area contributed by atoms with E-state index in [0.29, 0.717) is 24.9 Å². The predicted molar refractivity (Wildman–Crippen MR) is 109 cm³/mol. The van der Waals surface area contributed by atoms with Gasteiger partial charge in [0.2, 0.25) is 6.79 Å². The van der Waals surface area contributed by atoms with Gasteiger partial charge in [0, 0.05) is 45.3 Å². The fourth-order valence-electron chi connectivity index (χ4n) is 3.46. The molecule has 1 N–H and O–H groups in total. The Balaban J connectivity index is 1.32. The van der Waals surface area contributed by atoms with Crippen LogP contribution in [0.25, 0.3) is 0 Å². The number of nitrogens with zero attached hydrogens (tertiary/aromatic N) is 4. The second-order valence-corrected chi connectivity index (χ2v) is 7.82. The highest BCUT2D eigenvalue weighted by molar-refractivity contribution is 5.92. The molecule has 1 fully saturated rings. The van der Waals surface area contributed by atoms with Crippen LogP contribution in [0.3, 0.4) is 0 Å². The molecule has 1 aromatic heterocycles. The molecule has 0 unspecified atom stereocenters. The van der Waals surface area contributed by atoms with Crippen molar-refractivity contribution in [2.75, 3.05) is 44.4 Å². The van der Waals surface area contributed by atoms with Crippen LogP contribution in [0.1, 0.15) is 29.9 Å². The average molecular weight is 397 g/mol. The zero-order valence-electron chi connectivity index (χ0n) is 16.9. The lowest BCUT2D eigenvalue weighted by molar-refractivity contribution is 0.0944. The molecule has 0 saturated carbocycles. The zero-order chi connectivity index (χ0) is 20.2. The number of anilines is 1. The molecule has 3 heterocycles. The van der Waals surface area contributed by atoms with E-state index in [4.69, 9.17) is 9.47 Å². The molecule has 154 valence electrons. The summed E-state index contributed by atoms with van der Waals surface area (Å²) in [7, 11) is 0. The van der Waals surface area contributed by atoms with Crippen LogP contribution in [-0.4, -0.2) is 60.3 Å². The second kappa shape index (κ2) is 8.65. The summed E-state index contributed by atoms with van der Waals surface area (Å²) >= 11 is 0. The maximum Gasteiger partial charge on any atom is 0.270 e. The summed E-state index contributed by atoms with van der Waals surface area (Å²) in [5.74, 6) is 2.69. The Morgan fingerprint density at radius 3 is 2.69 bits per heavy atom. The van der Waals surface area contributed by atoms with E-state index in [1.807, 2.05) is 6.07 Å². The fraction of sp³-hybridized carbons (Fsp3) is 0.476. The van der Waals surface area contributed by atoms with Crippen molar-refractivity contribution in [3.8, 4) is 11.5 Å². The van der Waals surface area contributed by atoms with E-state index in [9.17, 15) is 4.79 Å². The first-order valence-corrected chi connectivity index (χ1v) is 10.0. The van der Waals surface area contributed by atoms with E-state index in [-0.39, 0.29) is 5.91 Å². The Labute approximate surface area is 170 Å². The SMILES string of the molecule is CC(C)CNC(=O)c1cc(N2CCN(Cc3ccc4c(c3)OCO4)CC2)ncn1. The molecule has 0 aliphatic carbocycles. The minimum atomic E-state index is -0.149. The van der Waals surface area contributed by atoms with Gasteiger partial charge >= 0.3 is 0 Å². The Morgan fingerprint density at radius 2 is 1.90 bits per heavy atom. The summed E-state index contributed by atoms with van der Waals surface area (Å²) in [6.45, 7) is 9.50. The van der Waals surface area contributed by atoms with Crippen LogP contribution in [0.5, 0.6) is 11.5 Å². The fourth-order valence-corrected chi connectivity index (χ4v) is 3.46. The second-order valence-electron chi connectivity index (χ2n) is 7.82. The number of carbonyl (C=O) groups is 1. The smallest absolute Gasteiger partial charge is 0.270 e. The number of nitrogens with one attached hydrogen (secondary N) is 1. The number of rotatable bonds is 6. The molecule has 1 amide bonds. The van der Waals surface area contributed by atoms with E-state index >= 15 is 0 Å². The van der Waals surface area contributed by atoms with Crippen LogP contribution < -0.4 is 19.7 Å². The quantitative estimate of drug-likeness (QED) is 0.798. The van der Waals surface area contributed by atoms with E-state index in [1.165, 1.54) is 11.9 Å². The highest BCUT2D eigenvalue weighted by Crippen LogP contribution is 2.32. The first kappa shape index (κ1) is 19.4. The van der Waals surface area contributed by atoms with E-state index in [2.05, 4.69) is 51.1 Å². The minimum Gasteiger partial charge on any atom is -0.454 e. The van der Waals surface area contributed by atoms with Gasteiger partial charge in [-0.25, -0.2) is 9.97 Å². The number of fused-ring (bicyclic) bond motifs is 1. The van der Waals surface area contributed by atoms with Gasteiger partial charge in [-0.15, -0.1) is 0 Å². The van der Waals surface area contributed by atoms with Crippen LogP contribution >= 0.6 is 0 Å². The molecule has 8 nitrogen and oxygen atoms in total. The standard InChI is InChI=1S/C21H27N5O3/c1-15(2)11-22-21(27)17-10-20(24-13-23-17)26-7-5-25(6-8-26)12-16-3-4-18-19(9-16)29-14-28-18/h3-4,9-10,13,15H,5-8,11-12,14H2,1-2H3,(H,22,27). The van der Waals surface area contributed by atoms with Crippen molar-refractivity contribution in [2.24, 2.45) is 5.92 Å². The van der Waals surface area contributed by atoms with E-state index < -0.39 is 0 Å². The molecule has 0 bridgehead atoms. The van der Waals surface area contributed by atoms with E-state index in [0.717, 1.165) is 50.0 Å². The number of carbonyl (C=O) groups excluding carboxylic acids is 1. The Kier molecular flexibility index (Phi) is 5.80. The topological polar surface area (TPSA) is 79.8 Å². The first-order chi connectivity index (χ1) is 14.1. The van der Waals surface area contributed by atoms with Gasteiger partial charge in [0.05, 0.1) is 0 Å². The Morgan fingerprint density at radius 1 is 1.10 bits per heavy atom. The van der Waals surface area contributed by atoms with Gasteiger partial charge < -0.3 is 19.7 Å². The van der Waals surface area contributed by atoms with Gasteiger partial charge in [-0.1, -0.05) is 19.9 Å². The molecule has 0 spiro atoms. The number of ether oxygens (including phenoxy) is 2. The minimum absolute atomic E-state index is 0.149. The molecule has 0 atom stereocenters. The lowest BCUT2D eigenvalue weighted by Crippen LogP contribution is -2.46. The molecule has 2 aliphatic heterocycles. The summed E-state index contributed by atoms with van der Waals surface area (Å²) in [5.41, 5.74) is 1.63. The van der Waals surface area contributed by atoms with Crippen molar-refractivity contribution in [2.45, 2.75) is 20.4 Å². The van der Waals surface area contributed by atoms with Crippen molar-refractivity contribution < 1.29 is 14.3 Å². The highest BCUT2D eigenvalue weighted by Gasteiger charge is 2.21. The lowest BCUT2D eigenvalue weighted by Gasteiger charge is -2.35. The van der Waals surface area contributed by atoms with Crippen molar-refractivity contribution in [1.82, 2.24) is 20.2 Å². The van der Waals surface area contributed by atoms with Gasteiger partial charge in [0.1, 0.15) is 17.8 Å². The maximum atomic E-state index is 12.3. The predicted octanol–water partition coefficient (Wildman–Crippen LogP) is 1.91. The molecule has 8 heteroatoms. The molecule has 4 rings (SSSR count). The average Bonchev–Trinajstić information content (AvgIpc) is 3.20. The highest BCUT2D eigenvalue weighted by atomic mass is 16.7. The molecule has 0 radical (unpaired) electrons. The summed E-state index contributed by atoms with van der Waals surface area (Å²) < 4.78 is 10.8. The lowest BCUT2D eigenvalue weighted by atomic mass is 10.1. The number of hydrogen-bond donors (Lipinski definition) is 1. The number of hydrogen-bond acceptors (Lipinski definition) is 7. The third-order valence-electron chi connectivity index (χ3n) is 5.10. The Hall–Kier alpha value is -2.87. The molecule has 2 aromatic rings. The third kappa shape index (κ3) is 4.76. The monoisotopic (exact) mass is 397 g/mol.